The highest BCUT2D eigenvalue weighted by atomic mass is 32.2. The molecule has 0 aliphatic heterocycles. The number of hydrogen-bond donors (Lipinski definition) is 2. The topological polar surface area (TPSA) is 98.2 Å². The van der Waals surface area contributed by atoms with Crippen molar-refractivity contribution in [3.05, 3.63) is 54.4 Å². The standard InChI is InChI=1S/C14H13N3O3S/c15-11-4-5-13-10(8-11)2-1-3-14(13)21(18,19)16-9-12-6-7-20-17-12/h1-8,16H,9,15H2. The predicted molar refractivity (Wildman–Crippen MR) is 78.9 cm³/mol. The van der Waals surface area contributed by atoms with Crippen molar-refractivity contribution in [3.8, 4) is 0 Å². The average Bonchev–Trinajstić information content (AvgIpc) is 2.97. The molecule has 1 heterocycles. The van der Waals surface area contributed by atoms with Crippen LogP contribution in [0.1, 0.15) is 5.69 Å². The largest absolute Gasteiger partial charge is 0.399 e. The molecule has 0 spiro atoms. The number of anilines is 1. The van der Waals surface area contributed by atoms with Gasteiger partial charge >= 0.3 is 0 Å². The van der Waals surface area contributed by atoms with Crippen LogP contribution < -0.4 is 10.5 Å². The fraction of sp³-hybridized carbons (Fsp3) is 0.0714. The Bertz CT molecular complexity index is 874. The molecule has 0 saturated heterocycles. The number of sulfonamides is 1. The van der Waals surface area contributed by atoms with Crippen LogP contribution in [0, 0.1) is 0 Å². The lowest BCUT2D eigenvalue weighted by molar-refractivity contribution is 0.411. The Balaban J connectivity index is 1.98. The van der Waals surface area contributed by atoms with E-state index in [1.807, 2.05) is 6.07 Å². The molecule has 3 aromatic rings. The van der Waals surface area contributed by atoms with Crippen molar-refractivity contribution in [3.63, 3.8) is 0 Å². The molecule has 0 atom stereocenters. The second-order valence-corrected chi connectivity index (χ2v) is 6.29. The van der Waals surface area contributed by atoms with Crippen LogP contribution in [0.25, 0.3) is 10.8 Å². The maximum Gasteiger partial charge on any atom is 0.241 e. The summed E-state index contributed by atoms with van der Waals surface area (Å²) in [5, 5.41) is 5.07. The molecule has 1 aromatic heterocycles. The highest BCUT2D eigenvalue weighted by Crippen LogP contribution is 2.24. The van der Waals surface area contributed by atoms with E-state index in [0.29, 0.717) is 16.8 Å². The normalized spacial score (nSPS) is 11.8. The third-order valence-corrected chi connectivity index (χ3v) is 4.55. The van der Waals surface area contributed by atoms with Gasteiger partial charge in [-0.15, -0.1) is 0 Å². The SMILES string of the molecule is Nc1ccc2c(S(=O)(=O)NCc3ccon3)cccc2c1. The lowest BCUT2D eigenvalue weighted by Crippen LogP contribution is -2.23. The van der Waals surface area contributed by atoms with Gasteiger partial charge < -0.3 is 10.3 Å². The first-order chi connectivity index (χ1) is 10.1. The van der Waals surface area contributed by atoms with Crippen LogP contribution in [0.3, 0.4) is 0 Å². The van der Waals surface area contributed by atoms with Crippen LogP contribution >= 0.6 is 0 Å². The Morgan fingerprint density at radius 3 is 2.81 bits per heavy atom. The quantitative estimate of drug-likeness (QED) is 0.717. The van der Waals surface area contributed by atoms with Crippen LogP contribution in [0.5, 0.6) is 0 Å². The van der Waals surface area contributed by atoms with Gasteiger partial charge in [0.15, 0.2) is 0 Å². The van der Waals surface area contributed by atoms with Gasteiger partial charge in [0.05, 0.1) is 17.1 Å². The monoisotopic (exact) mass is 303 g/mol. The number of aromatic nitrogens is 1. The van der Waals surface area contributed by atoms with Gasteiger partial charge in [0.1, 0.15) is 6.26 Å². The highest BCUT2D eigenvalue weighted by Gasteiger charge is 2.17. The number of rotatable bonds is 4. The minimum absolute atomic E-state index is 0.0736. The molecule has 0 unspecified atom stereocenters. The first-order valence-corrected chi connectivity index (χ1v) is 7.72. The number of benzene rings is 2. The number of nitrogen functional groups attached to an aromatic ring is 1. The van der Waals surface area contributed by atoms with Gasteiger partial charge in [-0.1, -0.05) is 23.4 Å². The van der Waals surface area contributed by atoms with Crippen molar-refractivity contribution in [2.45, 2.75) is 11.4 Å². The third-order valence-electron chi connectivity index (χ3n) is 3.09. The second-order valence-electron chi connectivity index (χ2n) is 4.55. The maximum absolute atomic E-state index is 12.4. The van der Waals surface area contributed by atoms with E-state index in [-0.39, 0.29) is 11.4 Å². The molecule has 0 saturated carbocycles. The van der Waals surface area contributed by atoms with Crippen molar-refractivity contribution in [2.75, 3.05) is 5.73 Å². The lowest BCUT2D eigenvalue weighted by Gasteiger charge is -2.09. The van der Waals surface area contributed by atoms with Gasteiger partial charge in [-0.25, -0.2) is 13.1 Å². The number of nitrogens with zero attached hydrogens (tertiary/aromatic N) is 1. The number of fused-ring (bicyclic) bond motifs is 1. The van der Waals surface area contributed by atoms with Gasteiger partial charge in [-0.3, -0.25) is 0 Å². The molecule has 3 N–H and O–H groups in total. The summed E-state index contributed by atoms with van der Waals surface area (Å²) in [5.74, 6) is 0. The molecular weight excluding hydrogens is 290 g/mol. The molecule has 21 heavy (non-hydrogen) atoms. The summed E-state index contributed by atoms with van der Waals surface area (Å²) in [6, 6.07) is 11.8. The molecule has 0 aliphatic rings. The van der Waals surface area contributed by atoms with Crippen molar-refractivity contribution < 1.29 is 12.9 Å². The fourth-order valence-electron chi connectivity index (χ4n) is 2.08. The van der Waals surface area contributed by atoms with Gasteiger partial charge in [0, 0.05) is 17.1 Å². The molecule has 0 radical (unpaired) electrons. The molecule has 0 aliphatic carbocycles. The Labute approximate surface area is 121 Å². The molecule has 108 valence electrons. The highest BCUT2D eigenvalue weighted by molar-refractivity contribution is 7.89. The molecule has 0 bridgehead atoms. The van der Waals surface area contributed by atoms with E-state index in [0.717, 1.165) is 5.39 Å². The van der Waals surface area contributed by atoms with Crippen molar-refractivity contribution in [1.82, 2.24) is 9.88 Å². The summed E-state index contributed by atoms with van der Waals surface area (Å²) >= 11 is 0. The molecule has 7 heteroatoms. The minimum Gasteiger partial charge on any atom is -0.399 e. The van der Waals surface area contributed by atoms with Crippen molar-refractivity contribution in [1.29, 1.82) is 0 Å². The fourth-order valence-corrected chi connectivity index (χ4v) is 3.31. The van der Waals surface area contributed by atoms with E-state index in [4.69, 9.17) is 5.73 Å². The molecule has 0 fully saturated rings. The zero-order chi connectivity index (χ0) is 14.9. The summed E-state index contributed by atoms with van der Waals surface area (Å²) in [7, 11) is -3.65. The Morgan fingerprint density at radius 2 is 2.05 bits per heavy atom. The number of nitrogens with one attached hydrogen (secondary N) is 1. The number of nitrogens with two attached hydrogens (primary N) is 1. The molecule has 2 aromatic carbocycles. The Kier molecular flexibility index (Phi) is 3.36. The van der Waals surface area contributed by atoms with Crippen LogP contribution in [0.4, 0.5) is 5.69 Å². The first-order valence-electron chi connectivity index (χ1n) is 6.23. The summed E-state index contributed by atoms with van der Waals surface area (Å²) in [4.78, 5) is 0.212. The van der Waals surface area contributed by atoms with Crippen molar-refractivity contribution in [2.24, 2.45) is 0 Å². The lowest BCUT2D eigenvalue weighted by atomic mass is 10.1. The summed E-state index contributed by atoms with van der Waals surface area (Å²) in [6.45, 7) is 0.0736. The van der Waals surface area contributed by atoms with Crippen LogP contribution in [-0.2, 0) is 16.6 Å². The molecule has 0 amide bonds. The minimum atomic E-state index is -3.65. The van der Waals surface area contributed by atoms with Crippen LogP contribution in [0.2, 0.25) is 0 Å². The van der Waals surface area contributed by atoms with E-state index in [1.54, 1.807) is 36.4 Å². The van der Waals surface area contributed by atoms with Gasteiger partial charge in [-0.05, 0) is 23.6 Å². The predicted octanol–water partition coefficient (Wildman–Crippen LogP) is 1.89. The summed E-state index contributed by atoms with van der Waals surface area (Å²) in [5.41, 5.74) is 6.83. The molecular formula is C14H13N3O3S. The van der Waals surface area contributed by atoms with Gasteiger partial charge in [0.25, 0.3) is 0 Å². The van der Waals surface area contributed by atoms with E-state index >= 15 is 0 Å². The zero-order valence-corrected chi connectivity index (χ0v) is 11.8. The van der Waals surface area contributed by atoms with E-state index < -0.39 is 10.0 Å². The van der Waals surface area contributed by atoms with Gasteiger partial charge in [0.2, 0.25) is 10.0 Å². The zero-order valence-electron chi connectivity index (χ0n) is 11.0. The van der Waals surface area contributed by atoms with Crippen LogP contribution in [-0.4, -0.2) is 13.6 Å². The summed E-state index contributed by atoms with van der Waals surface area (Å²) < 4.78 is 32.0. The van der Waals surface area contributed by atoms with E-state index in [2.05, 4.69) is 14.4 Å². The molecule has 3 rings (SSSR count). The summed E-state index contributed by atoms with van der Waals surface area (Å²) in [6.07, 6.45) is 1.39. The third kappa shape index (κ3) is 2.74. The van der Waals surface area contributed by atoms with Crippen LogP contribution in [0.15, 0.2) is 58.1 Å². The van der Waals surface area contributed by atoms with Gasteiger partial charge in [-0.2, -0.15) is 0 Å². The van der Waals surface area contributed by atoms with Crippen molar-refractivity contribution >= 4 is 26.5 Å². The number of hydrogen-bond acceptors (Lipinski definition) is 5. The Hall–Kier alpha value is -2.38. The maximum atomic E-state index is 12.4. The molecule has 6 nitrogen and oxygen atoms in total. The first kappa shape index (κ1) is 13.6. The second kappa shape index (κ2) is 5.19. The smallest absolute Gasteiger partial charge is 0.241 e. The van der Waals surface area contributed by atoms with E-state index in [9.17, 15) is 8.42 Å². The van der Waals surface area contributed by atoms with E-state index in [1.165, 1.54) is 6.26 Å². The Morgan fingerprint density at radius 1 is 1.19 bits per heavy atom. The average molecular weight is 303 g/mol.